The van der Waals surface area contributed by atoms with Gasteiger partial charge in [-0.05, 0) is 38.3 Å². The Kier molecular flexibility index (Phi) is 4.77. The van der Waals surface area contributed by atoms with Crippen molar-refractivity contribution in [1.29, 1.82) is 0 Å². The lowest BCUT2D eigenvalue weighted by atomic mass is 9.88. The SMILES string of the molecule is CCC1OCCC1C(N)c1cncc(OC(C)C)c1. The van der Waals surface area contributed by atoms with Gasteiger partial charge in [-0.25, -0.2) is 0 Å². The number of pyridine rings is 1. The maximum atomic E-state index is 6.39. The van der Waals surface area contributed by atoms with Gasteiger partial charge in [0.1, 0.15) is 5.75 Å². The summed E-state index contributed by atoms with van der Waals surface area (Å²) in [5.41, 5.74) is 7.42. The van der Waals surface area contributed by atoms with Gasteiger partial charge in [0.25, 0.3) is 0 Å². The summed E-state index contributed by atoms with van der Waals surface area (Å²) in [4.78, 5) is 4.24. The molecule has 2 N–H and O–H groups in total. The second-order valence-electron chi connectivity index (χ2n) is 5.42. The van der Waals surface area contributed by atoms with Crippen molar-refractivity contribution in [3.8, 4) is 5.75 Å². The molecule has 0 aliphatic carbocycles. The third-order valence-corrected chi connectivity index (χ3v) is 3.62. The van der Waals surface area contributed by atoms with Crippen molar-refractivity contribution in [2.75, 3.05) is 6.61 Å². The lowest BCUT2D eigenvalue weighted by molar-refractivity contribution is 0.0812. The molecule has 1 saturated heterocycles. The van der Waals surface area contributed by atoms with E-state index in [-0.39, 0.29) is 18.2 Å². The molecule has 1 aliphatic heterocycles. The van der Waals surface area contributed by atoms with Gasteiger partial charge in [-0.3, -0.25) is 4.98 Å². The van der Waals surface area contributed by atoms with Crippen molar-refractivity contribution in [2.24, 2.45) is 11.7 Å². The molecule has 0 aromatic carbocycles. The quantitative estimate of drug-likeness (QED) is 0.888. The van der Waals surface area contributed by atoms with Crippen LogP contribution in [0.25, 0.3) is 0 Å². The zero-order valence-electron chi connectivity index (χ0n) is 12.0. The van der Waals surface area contributed by atoms with Gasteiger partial charge in [0.2, 0.25) is 0 Å². The van der Waals surface area contributed by atoms with Gasteiger partial charge in [0.05, 0.1) is 18.4 Å². The maximum absolute atomic E-state index is 6.39. The summed E-state index contributed by atoms with van der Waals surface area (Å²) in [5.74, 6) is 1.16. The summed E-state index contributed by atoms with van der Waals surface area (Å²) >= 11 is 0. The molecule has 1 aromatic heterocycles. The number of nitrogens with zero attached hydrogens (tertiary/aromatic N) is 1. The zero-order valence-corrected chi connectivity index (χ0v) is 12.0. The molecule has 3 atom stereocenters. The van der Waals surface area contributed by atoms with E-state index in [1.54, 1.807) is 6.20 Å². The van der Waals surface area contributed by atoms with E-state index in [2.05, 4.69) is 11.9 Å². The number of hydrogen-bond acceptors (Lipinski definition) is 4. The molecule has 1 aliphatic rings. The predicted octanol–water partition coefficient (Wildman–Crippen LogP) is 2.68. The molecular weight excluding hydrogens is 240 g/mol. The van der Waals surface area contributed by atoms with Crippen LogP contribution >= 0.6 is 0 Å². The Morgan fingerprint density at radius 1 is 1.47 bits per heavy atom. The normalized spacial score (nSPS) is 24.7. The largest absolute Gasteiger partial charge is 0.489 e. The Morgan fingerprint density at radius 3 is 2.95 bits per heavy atom. The monoisotopic (exact) mass is 264 g/mol. The molecule has 2 rings (SSSR count). The van der Waals surface area contributed by atoms with Crippen LogP contribution in [0.2, 0.25) is 0 Å². The van der Waals surface area contributed by atoms with E-state index >= 15 is 0 Å². The Balaban J connectivity index is 2.12. The molecule has 19 heavy (non-hydrogen) atoms. The summed E-state index contributed by atoms with van der Waals surface area (Å²) < 4.78 is 11.4. The van der Waals surface area contributed by atoms with Gasteiger partial charge < -0.3 is 15.2 Å². The van der Waals surface area contributed by atoms with Crippen molar-refractivity contribution < 1.29 is 9.47 Å². The lowest BCUT2D eigenvalue weighted by Crippen LogP contribution is -2.28. The molecule has 4 nitrogen and oxygen atoms in total. The second kappa shape index (κ2) is 6.35. The summed E-state index contributed by atoms with van der Waals surface area (Å²) in [6.07, 6.45) is 6.01. The van der Waals surface area contributed by atoms with Crippen LogP contribution in [-0.4, -0.2) is 23.8 Å². The van der Waals surface area contributed by atoms with Crippen molar-refractivity contribution in [3.63, 3.8) is 0 Å². The molecule has 1 aromatic rings. The standard InChI is InChI=1S/C15H24N2O2/c1-4-14-13(5-6-18-14)15(16)11-7-12(9-17-8-11)19-10(2)3/h7-10,13-15H,4-6,16H2,1-3H3. The minimum absolute atomic E-state index is 0.0318. The van der Waals surface area contributed by atoms with E-state index in [4.69, 9.17) is 15.2 Å². The van der Waals surface area contributed by atoms with Crippen LogP contribution in [0.1, 0.15) is 45.2 Å². The van der Waals surface area contributed by atoms with E-state index in [0.29, 0.717) is 5.92 Å². The van der Waals surface area contributed by atoms with Crippen LogP contribution in [0.5, 0.6) is 5.75 Å². The molecular formula is C15H24N2O2. The van der Waals surface area contributed by atoms with Crippen LogP contribution in [0.3, 0.4) is 0 Å². The topological polar surface area (TPSA) is 57.4 Å². The predicted molar refractivity (Wildman–Crippen MR) is 75.1 cm³/mol. The van der Waals surface area contributed by atoms with Crippen LogP contribution in [0.4, 0.5) is 0 Å². The van der Waals surface area contributed by atoms with Crippen LogP contribution in [-0.2, 0) is 4.74 Å². The fourth-order valence-corrected chi connectivity index (χ4v) is 2.70. The minimum Gasteiger partial charge on any atom is -0.489 e. The van der Waals surface area contributed by atoms with E-state index in [9.17, 15) is 0 Å². The Bertz CT molecular complexity index is 409. The van der Waals surface area contributed by atoms with Crippen molar-refractivity contribution >= 4 is 0 Å². The van der Waals surface area contributed by atoms with E-state index in [1.807, 2.05) is 26.1 Å². The number of hydrogen-bond donors (Lipinski definition) is 1. The third kappa shape index (κ3) is 3.45. The highest BCUT2D eigenvalue weighted by molar-refractivity contribution is 5.26. The molecule has 1 fully saturated rings. The third-order valence-electron chi connectivity index (χ3n) is 3.62. The number of rotatable bonds is 5. The maximum Gasteiger partial charge on any atom is 0.138 e. The first-order valence-electron chi connectivity index (χ1n) is 7.10. The van der Waals surface area contributed by atoms with Gasteiger partial charge in [-0.1, -0.05) is 6.92 Å². The highest BCUT2D eigenvalue weighted by Gasteiger charge is 2.32. The van der Waals surface area contributed by atoms with Crippen LogP contribution in [0, 0.1) is 5.92 Å². The fraction of sp³-hybridized carbons (Fsp3) is 0.667. The number of aromatic nitrogens is 1. The van der Waals surface area contributed by atoms with Crippen molar-refractivity contribution in [3.05, 3.63) is 24.0 Å². The molecule has 4 heteroatoms. The van der Waals surface area contributed by atoms with Gasteiger partial charge in [0.15, 0.2) is 0 Å². The van der Waals surface area contributed by atoms with Crippen LogP contribution in [0.15, 0.2) is 18.5 Å². The number of ether oxygens (including phenoxy) is 2. The Morgan fingerprint density at radius 2 is 2.26 bits per heavy atom. The summed E-state index contributed by atoms with van der Waals surface area (Å²) in [7, 11) is 0. The highest BCUT2D eigenvalue weighted by atomic mass is 16.5. The first-order chi connectivity index (χ1) is 9.11. The van der Waals surface area contributed by atoms with Gasteiger partial charge in [0, 0.05) is 24.8 Å². The van der Waals surface area contributed by atoms with E-state index < -0.39 is 0 Å². The first-order valence-corrected chi connectivity index (χ1v) is 7.10. The summed E-state index contributed by atoms with van der Waals surface area (Å²) in [5, 5.41) is 0. The molecule has 0 radical (unpaired) electrons. The summed E-state index contributed by atoms with van der Waals surface area (Å²) in [6, 6.07) is 1.97. The number of nitrogens with two attached hydrogens (primary N) is 1. The lowest BCUT2D eigenvalue weighted by Gasteiger charge is -2.24. The summed E-state index contributed by atoms with van der Waals surface area (Å²) in [6.45, 7) is 6.97. The average molecular weight is 264 g/mol. The molecule has 106 valence electrons. The highest BCUT2D eigenvalue weighted by Crippen LogP contribution is 2.33. The van der Waals surface area contributed by atoms with Gasteiger partial charge in [-0.2, -0.15) is 0 Å². The smallest absolute Gasteiger partial charge is 0.138 e. The molecule has 0 spiro atoms. The van der Waals surface area contributed by atoms with Gasteiger partial charge in [-0.15, -0.1) is 0 Å². The zero-order chi connectivity index (χ0) is 13.8. The van der Waals surface area contributed by atoms with E-state index in [1.165, 1.54) is 0 Å². The van der Waals surface area contributed by atoms with E-state index in [0.717, 1.165) is 30.8 Å². The molecule has 0 saturated carbocycles. The van der Waals surface area contributed by atoms with Crippen LogP contribution < -0.4 is 10.5 Å². The second-order valence-corrected chi connectivity index (χ2v) is 5.42. The Hall–Kier alpha value is -1.13. The van der Waals surface area contributed by atoms with Gasteiger partial charge >= 0.3 is 0 Å². The van der Waals surface area contributed by atoms with Crippen molar-refractivity contribution in [2.45, 2.75) is 51.9 Å². The first kappa shape index (κ1) is 14.3. The average Bonchev–Trinajstić information content (AvgIpc) is 2.85. The fourth-order valence-electron chi connectivity index (χ4n) is 2.70. The molecule has 0 bridgehead atoms. The molecule has 0 amide bonds. The minimum atomic E-state index is -0.0318. The van der Waals surface area contributed by atoms with Crippen molar-refractivity contribution in [1.82, 2.24) is 4.98 Å². The Labute approximate surface area is 115 Å². The molecule has 2 heterocycles. The molecule has 3 unspecified atom stereocenters.